The van der Waals surface area contributed by atoms with E-state index in [1.165, 1.54) is 6.21 Å². The second-order valence-electron chi connectivity index (χ2n) is 4.25. The van der Waals surface area contributed by atoms with Crippen molar-refractivity contribution in [3.8, 4) is 6.07 Å². The minimum atomic E-state index is -0.867. The van der Waals surface area contributed by atoms with E-state index in [2.05, 4.69) is 15.8 Å². The molecule has 0 aromatic heterocycles. The van der Waals surface area contributed by atoms with Crippen LogP contribution >= 0.6 is 0 Å². The van der Waals surface area contributed by atoms with Gasteiger partial charge in [0.25, 0.3) is 0 Å². The quantitative estimate of drug-likeness (QED) is 0.511. The molecule has 0 aliphatic heterocycles. The zero-order valence-electron chi connectivity index (χ0n) is 11.5. The predicted octanol–water partition coefficient (Wildman–Crippen LogP) is 1.65. The van der Waals surface area contributed by atoms with Gasteiger partial charge in [0.1, 0.15) is 0 Å². The molecule has 2 aromatic rings. The van der Waals surface area contributed by atoms with Gasteiger partial charge in [0.05, 0.1) is 17.8 Å². The third kappa shape index (κ3) is 4.28. The van der Waals surface area contributed by atoms with Crippen LogP contribution in [0.5, 0.6) is 0 Å². The van der Waals surface area contributed by atoms with Gasteiger partial charge in [-0.15, -0.1) is 0 Å². The molecule has 108 valence electrons. The summed E-state index contributed by atoms with van der Waals surface area (Å²) >= 11 is 0. The van der Waals surface area contributed by atoms with Crippen molar-refractivity contribution in [2.24, 2.45) is 5.10 Å². The maximum absolute atomic E-state index is 11.6. The van der Waals surface area contributed by atoms with Gasteiger partial charge in [-0.05, 0) is 29.8 Å². The van der Waals surface area contributed by atoms with Crippen LogP contribution in [0.1, 0.15) is 11.1 Å². The normalized spacial score (nSPS) is 9.95. The summed E-state index contributed by atoms with van der Waals surface area (Å²) in [6, 6.07) is 17.3. The van der Waals surface area contributed by atoms with Crippen molar-refractivity contribution in [3.05, 3.63) is 65.7 Å². The van der Waals surface area contributed by atoms with Gasteiger partial charge in [0.2, 0.25) is 0 Å². The number of hydrogen-bond donors (Lipinski definition) is 2. The van der Waals surface area contributed by atoms with Gasteiger partial charge in [0.15, 0.2) is 0 Å². The zero-order chi connectivity index (χ0) is 15.8. The molecular formula is C16H12N4O2. The minimum Gasteiger partial charge on any atom is -0.318 e. The van der Waals surface area contributed by atoms with Crippen LogP contribution in [0.15, 0.2) is 59.7 Å². The molecule has 6 nitrogen and oxygen atoms in total. The molecule has 0 saturated heterocycles. The minimum absolute atomic E-state index is 0.527. The van der Waals surface area contributed by atoms with E-state index in [0.29, 0.717) is 16.8 Å². The summed E-state index contributed by atoms with van der Waals surface area (Å²) in [5, 5.41) is 14.8. The first kappa shape index (κ1) is 14.9. The molecule has 0 fully saturated rings. The van der Waals surface area contributed by atoms with Gasteiger partial charge >= 0.3 is 11.8 Å². The Morgan fingerprint density at radius 2 is 1.68 bits per heavy atom. The van der Waals surface area contributed by atoms with Gasteiger partial charge in [-0.2, -0.15) is 10.4 Å². The fraction of sp³-hybridized carbons (Fsp3) is 0. The first-order valence-corrected chi connectivity index (χ1v) is 6.38. The Hall–Kier alpha value is -3.46. The lowest BCUT2D eigenvalue weighted by atomic mass is 10.2. The monoisotopic (exact) mass is 292 g/mol. The van der Waals surface area contributed by atoms with E-state index in [0.717, 1.165) is 0 Å². The maximum Gasteiger partial charge on any atom is 0.329 e. The van der Waals surface area contributed by atoms with Gasteiger partial charge < -0.3 is 5.32 Å². The molecule has 2 amide bonds. The SMILES string of the molecule is N#Cc1ccc(/C=N/NC(=O)C(=O)Nc2ccccc2)cc1. The van der Waals surface area contributed by atoms with E-state index in [1.807, 2.05) is 6.07 Å². The average molecular weight is 292 g/mol. The second kappa shape index (κ2) is 7.36. The zero-order valence-corrected chi connectivity index (χ0v) is 11.5. The first-order chi connectivity index (χ1) is 10.7. The van der Waals surface area contributed by atoms with E-state index in [4.69, 9.17) is 5.26 Å². The van der Waals surface area contributed by atoms with Crippen molar-refractivity contribution < 1.29 is 9.59 Å². The Bertz CT molecular complexity index is 731. The van der Waals surface area contributed by atoms with Crippen LogP contribution in [0.4, 0.5) is 5.69 Å². The molecule has 0 heterocycles. The summed E-state index contributed by atoms with van der Waals surface area (Å²) in [5.74, 6) is -1.67. The predicted molar refractivity (Wildman–Crippen MR) is 82.0 cm³/mol. The van der Waals surface area contributed by atoms with E-state index < -0.39 is 11.8 Å². The Balaban J connectivity index is 1.87. The van der Waals surface area contributed by atoms with Crippen LogP contribution in [-0.2, 0) is 9.59 Å². The van der Waals surface area contributed by atoms with Crippen LogP contribution in [-0.4, -0.2) is 18.0 Å². The number of nitrogens with one attached hydrogen (secondary N) is 2. The molecule has 0 radical (unpaired) electrons. The van der Waals surface area contributed by atoms with Crippen LogP contribution < -0.4 is 10.7 Å². The Kier molecular flexibility index (Phi) is 5.00. The van der Waals surface area contributed by atoms with Gasteiger partial charge in [0, 0.05) is 5.69 Å². The third-order valence-corrected chi connectivity index (χ3v) is 2.66. The summed E-state index contributed by atoms with van der Waals surface area (Å²) in [6.07, 6.45) is 1.38. The average Bonchev–Trinajstić information content (AvgIpc) is 2.56. The van der Waals surface area contributed by atoms with E-state index in [-0.39, 0.29) is 0 Å². The van der Waals surface area contributed by atoms with Gasteiger partial charge in [-0.25, -0.2) is 5.43 Å². The fourth-order valence-electron chi connectivity index (χ4n) is 1.57. The lowest BCUT2D eigenvalue weighted by molar-refractivity contribution is -0.136. The van der Waals surface area contributed by atoms with E-state index in [1.54, 1.807) is 54.6 Å². The maximum atomic E-state index is 11.6. The third-order valence-electron chi connectivity index (χ3n) is 2.66. The molecule has 0 aliphatic carbocycles. The van der Waals surface area contributed by atoms with Crippen molar-refractivity contribution >= 4 is 23.7 Å². The van der Waals surface area contributed by atoms with Crippen LogP contribution in [0.3, 0.4) is 0 Å². The first-order valence-electron chi connectivity index (χ1n) is 6.38. The molecule has 0 atom stereocenters. The van der Waals surface area contributed by atoms with E-state index >= 15 is 0 Å². The number of carbonyl (C=O) groups is 2. The second-order valence-corrected chi connectivity index (χ2v) is 4.25. The van der Waals surface area contributed by atoms with Crippen LogP contribution in [0.25, 0.3) is 0 Å². The number of amides is 2. The summed E-state index contributed by atoms with van der Waals surface area (Å²) in [5.41, 5.74) is 3.89. The summed E-state index contributed by atoms with van der Waals surface area (Å²) < 4.78 is 0. The lowest BCUT2D eigenvalue weighted by Gasteiger charge is -2.02. The van der Waals surface area contributed by atoms with Gasteiger partial charge in [-0.1, -0.05) is 30.3 Å². The molecular weight excluding hydrogens is 280 g/mol. The van der Waals surface area contributed by atoms with Crippen molar-refractivity contribution in [2.45, 2.75) is 0 Å². The highest BCUT2D eigenvalue weighted by atomic mass is 16.2. The number of hydrazone groups is 1. The summed E-state index contributed by atoms with van der Waals surface area (Å²) in [4.78, 5) is 23.2. The van der Waals surface area contributed by atoms with Crippen molar-refractivity contribution in [2.75, 3.05) is 5.32 Å². The van der Waals surface area contributed by atoms with Crippen molar-refractivity contribution in [1.29, 1.82) is 5.26 Å². The molecule has 0 saturated carbocycles. The summed E-state index contributed by atoms with van der Waals surface area (Å²) in [7, 11) is 0. The Labute approximate surface area is 127 Å². The number of rotatable bonds is 3. The number of anilines is 1. The molecule has 2 aromatic carbocycles. The smallest absolute Gasteiger partial charge is 0.318 e. The molecule has 0 unspecified atom stereocenters. The number of nitrogens with zero attached hydrogens (tertiary/aromatic N) is 2. The van der Waals surface area contributed by atoms with Crippen LogP contribution in [0.2, 0.25) is 0 Å². The number of benzene rings is 2. The molecule has 2 rings (SSSR count). The molecule has 0 bridgehead atoms. The highest BCUT2D eigenvalue weighted by molar-refractivity contribution is 6.39. The fourth-order valence-corrected chi connectivity index (χ4v) is 1.57. The Morgan fingerprint density at radius 3 is 2.32 bits per heavy atom. The molecule has 2 N–H and O–H groups in total. The standard InChI is InChI=1S/C16H12N4O2/c17-10-12-6-8-13(9-7-12)11-18-20-16(22)15(21)19-14-4-2-1-3-5-14/h1-9,11H,(H,19,21)(H,20,22)/b18-11+. The molecule has 0 aliphatic rings. The summed E-state index contributed by atoms with van der Waals surface area (Å²) in [6.45, 7) is 0. The van der Waals surface area contributed by atoms with Crippen molar-refractivity contribution in [3.63, 3.8) is 0 Å². The van der Waals surface area contributed by atoms with E-state index in [9.17, 15) is 9.59 Å². The van der Waals surface area contributed by atoms with Crippen LogP contribution in [0, 0.1) is 11.3 Å². The molecule has 22 heavy (non-hydrogen) atoms. The largest absolute Gasteiger partial charge is 0.329 e. The number of carbonyl (C=O) groups excluding carboxylic acids is 2. The highest BCUT2D eigenvalue weighted by Gasteiger charge is 2.12. The number of hydrogen-bond acceptors (Lipinski definition) is 4. The molecule has 0 spiro atoms. The lowest BCUT2D eigenvalue weighted by Crippen LogP contribution is -2.32. The Morgan fingerprint density at radius 1 is 1.00 bits per heavy atom. The number of para-hydroxylation sites is 1. The molecule has 6 heteroatoms. The van der Waals surface area contributed by atoms with Gasteiger partial charge in [-0.3, -0.25) is 9.59 Å². The van der Waals surface area contributed by atoms with Crippen molar-refractivity contribution in [1.82, 2.24) is 5.43 Å². The number of nitriles is 1. The highest BCUT2D eigenvalue weighted by Crippen LogP contribution is 2.04. The topological polar surface area (TPSA) is 94.3 Å².